The molecule has 2 heterocycles. The molecule has 5 amide bonds. The molecule has 0 saturated carbocycles. The minimum atomic E-state index is -1.07. The van der Waals surface area contributed by atoms with Gasteiger partial charge in [0.25, 0.3) is 0 Å². The predicted molar refractivity (Wildman–Crippen MR) is 223 cm³/mol. The first-order chi connectivity index (χ1) is 27.7. The van der Waals surface area contributed by atoms with Crippen LogP contribution in [-0.2, 0) is 43.6 Å². The molecule has 17 nitrogen and oxygen atoms in total. The summed E-state index contributed by atoms with van der Waals surface area (Å²) in [6.45, 7) is 15.0. The molecule has 59 heavy (non-hydrogen) atoms. The van der Waals surface area contributed by atoms with Crippen molar-refractivity contribution in [1.29, 1.82) is 0 Å². The number of nitrogens with two attached hydrogens (primary N) is 1. The Morgan fingerprint density at radius 2 is 1.61 bits per heavy atom. The maximum atomic E-state index is 13.6. The average Bonchev–Trinajstić information content (AvgIpc) is 3.49. The van der Waals surface area contributed by atoms with Crippen molar-refractivity contribution in [2.24, 2.45) is 17.6 Å². The minimum absolute atomic E-state index is 0.106. The normalized spacial score (nSPS) is 12.8. The molecule has 7 N–H and O–H groups in total. The van der Waals surface area contributed by atoms with E-state index in [-0.39, 0.29) is 56.7 Å². The van der Waals surface area contributed by atoms with Crippen LogP contribution in [0.2, 0.25) is 0 Å². The third-order valence-electron chi connectivity index (χ3n) is 8.99. The number of pyridine rings is 1. The molecule has 0 aliphatic heterocycles. The van der Waals surface area contributed by atoms with Gasteiger partial charge in [0.1, 0.15) is 30.2 Å². The molecule has 17 heteroatoms. The smallest absolute Gasteiger partial charge is 0.413 e. The number of para-hydroxylation sites is 1. The van der Waals surface area contributed by atoms with Gasteiger partial charge in [-0.05, 0) is 84.1 Å². The van der Waals surface area contributed by atoms with Crippen LogP contribution in [0.4, 0.5) is 25.9 Å². The molecule has 4 rings (SSSR count). The van der Waals surface area contributed by atoms with E-state index in [1.807, 2.05) is 35.8 Å². The lowest BCUT2D eigenvalue weighted by atomic mass is 9.89. The minimum Gasteiger partial charge on any atom is -0.444 e. The summed E-state index contributed by atoms with van der Waals surface area (Å²) in [6, 6.07) is 12.5. The van der Waals surface area contributed by atoms with Gasteiger partial charge >= 0.3 is 18.2 Å². The molecule has 2 aromatic heterocycles. The highest BCUT2D eigenvalue weighted by Crippen LogP contribution is 2.32. The van der Waals surface area contributed by atoms with Gasteiger partial charge in [-0.3, -0.25) is 14.9 Å². The van der Waals surface area contributed by atoms with E-state index in [9.17, 15) is 29.1 Å². The number of imidazole rings is 1. The first kappa shape index (κ1) is 45.9. The molecule has 4 aromatic rings. The van der Waals surface area contributed by atoms with Gasteiger partial charge in [0.2, 0.25) is 5.91 Å². The Balaban J connectivity index is 1.45. The second-order valence-electron chi connectivity index (χ2n) is 16.3. The zero-order valence-corrected chi connectivity index (χ0v) is 35.1. The third-order valence-corrected chi connectivity index (χ3v) is 8.99. The average molecular weight is 819 g/mol. The molecule has 0 saturated heterocycles. The molecule has 0 fully saturated rings. The number of rotatable bonds is 19. The van der Waals surface area contributed by atoms with Crippen molar-refractivity contribution >= 4 is 63.3 Å². The van der Waals surface area contributed by atoms with Gasteiger partial charge in [-0.2, -0.15) is 0 Å². The maximum Gasteiger partial charge on any atom is 0.413 e. The number of carbonyl (C=O) groups is 5. The molecule has 0 bridgehead atoms. The second kappa shape index (κ2) is 20.2. The van der Waals surface area contributed by atoms with Crippen LogP contribution in [0.5, 0.6) is 0 Å². The lowest BCUT2D eigenvalue weighted by Crippen LogP contribution is -2.47. The van der Waals surface area contributed by atoms with E-state index in [1.54, 1.807) is 72.7 Å². The van der Waals surface area contributed by atoms with Crippen molar-refractivity contribution < 1.29 is 43.3 Å². The number of nitrogens with one attached hydrogen (secondary N) is 4. The summed E-state index contributed by atoms with van der Waals surface area (Å²) in [5.41, 5.74) is 6.13. The highest BCUT2D eigenvalue weighted by atomic mass is 16.6. The number of amides is 5. The summed E-state index contributed by atoms with van der Waals surface area (Å²) in [5.74, 6) is -1.08. The van der Waals surface area contributed by atoms with E-state index in [0.29, 0.717) is 46.7 Å². The van der Waals surface area contributed by atoms with Crippen molar-refractivity contribution in [2.75, 3.05) is 23.8 Å². The fourth-order valence-corrected chi connectivity index (χ4v) is 6.35. The molecule has 2 atom stereocenters. The van der Waals surface area contributed by atoms with Crippen molar-refractivity contribution in [1.82, 2.24) is 25.2 Å². The topological polar surface area (TPSA) is 238 Å². The first-order valence-corrected chi connectivity index (χ1v) is 19.7. The van der Waals surface area contributed by atoms with E-state index in [1.165, 1.54) is 0 Å². The number of ether oxygens (including phenoxy) is 3. The van der Waals surface area contributed by atoms with E-state index < -0.39 is 47.3 Å². The van der Waals surface area contributed by atoms with Crippen LogP contribution in [0.3, 0.4) is 0 Å². The SMILES string of the molecule is CCOCc1nc2c(NC(=O)OCc3ccc(NC(=O)[C@H](CCCNC(N)=O)CC(=O)[C@@H](NC(=O)OC(C)(C)C)C(C)C)cc3)nc3ccccc3c2n1CC(C)(C)O. The standard InChI is InChI=1S/C42H58N8O9/c1-9-57-23-32-47-34-35(50(32)24-42(7,8)56)29-14-10-11-15-30(29)46-36(34)49-39(54)58-22-26-16-18-28(19-17-26)45-37(52)27(13-12-20-44-38(43)53)21-31(51)33(25(2)3)48-40(55)59-41(4,5)6/h10-11,14-19,25,27,33,56H,9,12-13,20-24H2,1-8H3,(H,45,52)(H,48,55)(H3,43,44,53)(H,46,49,54)/t27-,33+/m1/s1. The molecule has 0 aliphatic rings. The Bertz CT molecular complexity index is 2100. The van der Waals surface area contributed by atoms with Gasteiger partial charge < -0.3 is 45.6 Å². The van der Waals surface area contributed by atoms with Gasteiger partial charge in [0, 0.05) is 36.6 Å². The predicted octanol–water partition coefficient (Wildman–Crippen LogP) is 6.15. The van der Waals surface area contributed by atoms with Crippen LogP contribution in [0.25, 0.3) is 21.9 Å². The summed E-state index contributed by atoms with van der Waals surface area (Å²) in [6.07, 6.45) is -1.05. The number of Topliss-reactive ketones (excluding diaryl/α,β-unsaturated/α-hetero) is 1. The fraction of sp³-hybridized carbons (Fsp3) is 0.500. The monoisotopic (exact) mass is 818 g/mol. The number of anilines is 2. The van der Waals surface area contributed by atoms with E-state index in [0.717, 1.165) is 5.39 Å². The number of urea groups is 1. The molecular weight excluding hydrogens is 761 g/mol. The van der Waals surface area contributed by atoms with Crippen molar-refractivity contribution in [3.63, 3.8) is 0 Å². The summed E-state index contributed by atoms with van der Waals surface area (Å²) in [4.78, 5) is 73.4. The van der Waals surface area contributed by atoms with Crippen molar-refractivity contribution in [3.8, 4) is 0 Å². The molecule has 0 radical (unpaired) electrons. The summed E-state index contributed by atoms with van der Waals surface area (Å²) < 4.78 is 18.5. The van der Waals surface area contributed by atoms with E-state index in [2.05, 4.69) is 26.3 Å². The Kier molecular flexibility index (Phi) is 15.7. The molecule has 0 spiro atoms. The lowest BCUT2D eigenvalue weighted by molar-refractivity contribution is -0.128. The summed E-state index contributed by atoms with van der Waals surface area (Å²) in [5, 5.41) is 22.3. The molecular formula is C42H58N8O9. The number of hydrogen-bond acceptors (Lipinski definition) is 11. The van der Waals surface area contributed by atoms with Gasteiger partial charge in [-0.25, -0.2) is 24.4 Å². The lowest BCUT2D eigenvalue weighted by Gasteiger charge is -2.26. The van der Waals surface area contributed by atoms with Crippen molar-refractivity contribution in [2.45, 2.75) is 112 Å². The van der Waals surface area contributed by atoms with Gasteiger partial charge in [0.05, 0.1) is 29.2 Å². The van der Waals surface area contributed by atoms with Crippen LogP contribution < -0.4 is 27.0 Å². The highest BCUT2D eigenvalue weighted by molar-refractivity contribution is 6.09. The van der Waals surface area contributed by atoms with Crippen LogP contribution >= 0.6 is 0 Å². The number of alkyl carbamates (subject to hydrolysis) is 1. The Morgan fingerprint density at radius 1 is 0.915 bits per heavy atom. The summed E-state index contributed by atoms with van der Waals surface area (Å²) >= 11 is 0. The fourth-order valence-electron chi connectivity index (χ4n) is 6.35. The maximum absolute atomic E-state index is 13.6. The molecule has 0 unspecified atom stereocenters. The second-order valence-corrected chi connectivity index (χ2v) is 16.3. The number of nitrogens with zero attached hydrogens (tertiary/aromatic N) is 3. The van der Waals surface area contributed by atoms with Crippen LogP contribution in [0, 0.1) is 11.8 Å². The molecule has 2 aromatic carbocycles. The Hall–Kier alpha value is -5.81. The number of ketones is 1. The van der Waals surface area contributed by atoms with Gasteiger partial charge in [-0.15, -0.1) is 0 Å². The van der Waals surface area contributed by atoms with E-state index >= 15 is 0 Å². The summed E-state index contributed by atoms with van der Waals surface area (Å²) in [7, 11) is 0. The number of fused-ring (bicyclic) bond motifs is 3. The molecule has 0 aliphatic carbocycles. The van der Waals surface area contributed by atoms with Crippen LogP contribution in [0.15, 0.2) is 48.5 Å². The van der Waals surface area contributed by atoms with Crippen LogP contribution in [0.1, 0.15) is 86.0 Å². The number of primary amides is 1. The zero-order valence-electron chi connectivity index (χ0n) is 35.1. The van der Waals surface area contributed by atoms with Gasteiger partial charge in [0.15, 0.2) is 11.6 Å². The Morgan fingerprint density at radius 3 is 2.24 bits per heavy atom. The molecule has 320 valence electrons. The highest BCUT2D eigenvalue weighted by Gasteiger charge is 2.31. The quantitative estimate of drug-likeness (QED) is 0.0587. The largest absolute Gasteiger partial charge is 0.444 e. The number of benzene rings is 2. The third kappa shape index (κ3) is 13.9. The number of aliphatic hydroxyl groups is 1. The number of hydrogen-bond donors (Lipinski definition) is 6. The number of aromatic nitrogens is 3. The van der Waals surface area contributed by atoms with Crippen molar-refractivity contribution in [3.05, 3.63) is 59.9 Å². The van der Waals surface area contributed by atoms with E-state index in [4.69, 9.17) is 24.9 Å². The zero-order chi connectivity index (χ0) is 43.5. The Labute approximate surface area is 344 Å². The first-order valence-electron chi connectivity index (χ1n) is 19.7. The van der Waals surface area contributed by atoms with Gasteiger partial charge in [-0.1, -0.05) is 44.2 Å². The van der Waals surface area contributed by atoms with Crippen LogP contribution in [-0.4, -0.2) is 79.9 Å². The number of carbonyl (C=O) groups excluding carboxylic acids is 5.